The molecule has 1 aromatic carbocycles. The Kier molecular flexibility index (Phi) is 7.97. The Morgan fingerprint density at radius 3 is 2.44 bits per heavy atom. The van der Waals surface area contributed by atoms with Gasteiger partial charge in [0.15, 0.2) is 0 Å². The van der Waals surface area contributed by atoms with Gasteiger partial charge in [0, 0.05) is 21.7 Å². The third-order valence-corrected chi connectivity index (χ3v) is 7.08. The highest BCUT2D eigenvalue weighted by molar-refractivity contribution is 7.11. The van der Waals surface area contributed by atoms with Crippen molar-refractivity contribution in [3.05, 3.63) is 57.3 Å². The van der Waals surface area contributed by atoms with Crippen LogP contribution in [-0.2, 0) is 21.5 Å². The third kappa shape index (κ3) is 5.89. The molecule has 0 amide bonds. The summed E-state index contributed by atoms with van der Waals surface area (Å²) < 4.78 is 37.7. The molecule has 1 fully saturated rings. The van der Waals surface area contributed by atoms with Crippen LogP contribution in [-0.4, -0.2) is 53.6 Å². The quantitative estimate of drug-likeness (QED) is 0.663. The van der Waals surface area contributed by atoms with Crippen molar-refractivity contribution in [2.75, 3.05) is 26.3 Å². The summed E-state index contributed by atoms with van der Waals surface area (Å²) in [5, 5.41) is 16.2. The Labute approximate surface area is 189 Å². The van der Waals surface area contributed by atoms with Crippen LogP contribution in [0.15, 0.2) is 36.4 Å². The zero-order valence-corrected chi connectivity index (χ0v) is 18.7. The topological polar surface area (TPSA) is 70.0 Å². The molecule has 0 saturated carbocycles. The van der Waals surface area contributed by atoms with Gasteiger partial charge in [-0.1, -0.05) is 24.3 Å². The number of nitrogens with zero attached hydrogens (tertiary/aromatic N) is 1. The number of aliphatic hydroxyl groups excluding tert-OH is 1. The van der Waals surface area contributed by atoms with Crippen LogP contribution in [0.25, 0.3) is 0 Å². The average molecular weight is 472 g/mol. The van der Waals surface area contributed by atoms with E-state index in [0.29, 0.717) is 6.61 Å². The first-order chi connectivity index (χ1) is 15.1. The molecule has 2 heterocycles. The van der Waals surface area contributed by atoms with Crippen LogP contribution in [0.2, 0.25) is 0 Å². The number of thiophene rings is 1. The van der Waals surface area contributed by atoms with Gasteiger partial charge in [0.1, 0.15) is 0 Å². The lowest BCUT2D eigenvalue weighted by Crippen LogP contribution is -2.41. The largest absolute Gasteiger partial charge is 0.490 e. The van der Waals surface area contributed by atoms with Crippen LogP contribution in [0.5, 0.6) is 0 Å². The van der Waals surface area contributed by atoms with E-state index in [4.69, 9.17) is 19.7 Å². The summed E-state index contributed by atoms with van der Waals surface area (Å²) in [5.41, 5.74) is 3.10. The molecule has 1 aromatic heterocycles. The number of alkyl halides is 3. The minimum absolute atomic E-state index is 0.0969. The number of benzene rings is 1. The Hall–Kier alpha value is -1.94. The molecule has 2 aliphatic rings. The van der Waals surface area contributed by atoms with Gasteiger partial charge in [0.2, 0.25) is 0 Å². The van der Waals surface area contributed by atoms with Gasteiger partial charge in [-0.05, 0) is 62.5 Å². The monoisotopic (exact) mass is 471 g/mol. The van der Waals surface area contributed by atoms with Crippen LogP contribution < -0.4 is 0 Å². The van der Waals surface area contributed by atoms with Crippen LogP contribution in [0.1, 0.15) is 46.2 Å². The lowest BCUT2D eigenvalue weighted by atomic mass is 9.73. The first kappa shape index (κ1) is 24.7. The van der Waals surface area contributed by atoms with E-state index in [1.807, 2.05) is 11.3 Å². The first-order valence-corrected chi connectivity index (χ1v) is 11.4. The molecule has 0 bridgehead atoms. The van der Waals surface area contributed by atoms with E-state index in [0.717, 1.165) is 26.1 Å². The SMILES string of the molecule is Cc1ccc(CN2CCC3(CC2)CC(OCCO)c2ccccc23)s1.O=C(O)C(F)(F)F. The zero-order valence-electron chi connectivity index (χ0n) is 17.9. The second-order valence-electron chi connectivity index (χ2n) is 8.25. The van der Waals surface area contributed by atoms with E-state index in [1.165, 1.54) is 33.7 Å². The molecule has 2 aromatic rings. The lowest BCUT2D eigenvalue weighted by molar-refractivity contribution is -0.192. The molecular formula is C23H28F3NO4S. The summed E-state index contributed by atoms with van der Waals surface area (Å²) in [5.74, 6) is -2.76. The van der Waals surface area contributed by atoms with Crippen molar-refractivity contribution in [2.24, 2.45) is 0 Å². The van der Waals surface area contributed by atoms with Crippen LogP contribution in [0.4, 0.5) is 13.2 Å². The molecule has 2 N–H and O–H groups in total. The van der Waals surface area contributed by atoms with E-state index in [-0.39, 0.29) is 18.1 Å². The van der Waals surface area contributed by atoms with Crippen molar-refractivity contribution in [1.82, 2.24) is 4.90 Å². The standard InChI is InChI=1S/C21H27NO2S.C2HF3O2/c1-16-6-7-17(25-16)15-22-10-8-21(9-11-22)14-20(24-13-12-23)18-4-2-3-5-19(18)21;3-2(4,5)1(6)7/h2-7,20,23H,8-15H2,1H3;(H,6,7). The highest BCUT2D eigenvalue weighted by atomic mass is 32.1. The summed E-state index contributed by atoms with van der Waals surface area (Å²) in [6.45, 7) is 6.09. The summed E-state index contributed by atoms with van der Waals surface area (Å²) in [6, 6.07) is 13.3. The molecule has 1 spiro atoms. The second-order valence-corrected chi connectivity index (χ2v) is 9.62. The molecule has 1 unspecified atom stereocenters. The van der Waals surface area contributed by atoms with Crippen molar-refractivity contribution < 1.29 is 32.9 Å². The molecule has 5 nitrogen and oxygen atoms in total. The fourth-order valence-corrected chi connectivity index (χ4v) is 5.52. The van der Waals surface area contributed by atoms with Gasteiger partial charge in [0.05, 0.1) is 19.3 Å². The van der Waals surface area contributed by atoms with Gasteiger partial charge in [0.25, 0.3) is 0 Å². The summed E-state index contributed by atoms with van der Waals surface area (Å²) in [4.78, 5) is 14.4. The number of aliphatic hydroxyl groups is 1. The van der Waals surface area contributed by atoms with Gasteiger partial charge in [-0.3, -0.25) is 4.90 Å². The predicted molar refractivity (Wildman–Crippen MR) is 116 cm³/mol. The predicted octanol–water partition coefficient (Wildman–Crippen LogP) is 4.68. The Morgan fingerprint density at radius 1 is 1.22 bits per heavy atom. The fraction of sp³-hybridized carbons (Fsp3) is 0.522. The number of halogens is 3. The fourth-order valence-electron chi connectivity index (χ4n) is 4.58. The number of likely N-dealkylation sites (tertiary alicyclic amines) is 1. The number of carboxylic acid groups (broad SMARTS) is 1. The van der Waals surface area contributed by atoms with Crippen molar-refractivity contribution in [2.45, 2.75) is 50.4 Å². The van der Waals surface area contributed by atoms with E-state index >= 15 is 0 Å². The number of carbonyl (C=O) groups is 1. The van der Waals surface area contributed by atoms with Gasteiger partial charge in [-0.2, -0.15) is 13.2 Å². The Morgan fingerprint density at radius 2 is 1.88 bits per heavy atom. The minimum atomic E-state index is -5.08. The smallest absolute Gasteiger partial charge is 0.475 e. The first-order valence-electron chi connectivity index (χ1n) is 10.5. The number of ether oxygens (including phenoxy) is 1. The molecule has 0 radical (unpaired) electrons. The van der Waals surface area contributed by atoms with Crippen molar-refractivity contribution in [3.63, 3.8) is 0 Å². The number of hydrogen-bond acceptors (Lipinski definition) is 5. The molecule has 9 heteroatoms. The molecule has 1 aliphatic carbocycles. The Bertz CT molecular complexity index is 907. The van der Waals surface area contributed by atoms with Gasteiger partial charge in [-0.25, -0.2) is 4.79 Å². The lowest BCUT2D eigenvalue weighted by Gasteiger charge is -2.40. The molecule has 176 valence electrons. The van der Waals surface area contributed by atoms with Crippen LogP contribution in [0.3, 0.4) is 0 Å². The maximum absolute atomic E-state index is 10.6. The molecule has 32 heavy (non-hydrogen) atoms. The van der Waals surface area contributed by atoms with Crippen molar-refractivity contribution in [3.8, 4) is 0 Å². The van der Waals surface area contributed by atoms with E-state index < -0.39 is 12.1 Å². The molecule has 1 atom stereocenters. The van der Waals surface area contributed by atoms with E-state index in [1.54, 1.807) is 0 Å². The number of carboxylic acids is 1. The average Bonchev–Trinajstić information content (AvgIpc) is 3.29. The highest BCUT2D eigenvalue weighted by Gasteiger charge is 2.45. The molecule has 1 aliphatic heterocycles. The van der Waals surface area contributed by atoms with E-state index in [9.17, 15) is 13.2 Å². The molecule has 1 saturated heterocycles. The van der Waals surface area contributed by atoms with Crippen LogP contribution >= 0.6 is 11.3 Å². The number of hydrogen-bond donors (Lipinski definition) is 2. The number of piperidine rings is 1. The van der Waals surface area contributed by atoms with Crippen molar-refractivity contribution >= 4 is 17.3 Å². The second kappa shape index (κ2) is 10.3. The van der Waals surface area contributed by atoms with Crippen molar-refractivity contribution in [1.29, 1.82) is 0 Å². The van der Waals surface area contributed by atoms with Gasteiger partial charge in [-0.15, -0.1) is 11.3 Å². The van der Waals surface area contributed by atoms with Gasteiger partial charge < -0.3 is 14.9 Å². The molecular weight excluding hydrogens is 443 g/mol. The highest BCUT2D eigenvalue weighted by Crippen LogP contribution is 2.52. The van der Waals surface area contributed by atoms with E-state index in [2.05, 4.69) is 48.2 Å². The number of rotatable bonds is 5. The zero-order chi connectivity index (χ0) is 23.4. The van der Waals surface area contributed by atoms with Gasteiger partial charge >= 0.3 is 12.1 Å². The number of fused-ring (bicyclic) bond motifs is 2. The number of aryl methyl sites for hydroxylation is 1. The molecule has 4 rings (SSSR count). The Balaban J connectivity index is 0.000000360. The third-order valence-electron chi connectivity index (χ3n) is 6.10. The summed E-state index contributed by atoms with van der Waals surface area (Å²) in [6.07, 6.45) is -1.46. The minimum Gasteiger partial charge on any atom is -0.475 e. The normalized spacial score (nSPS) is 20.0. The van der Waals surface area contributed by atoms with Crippen LogP contribution in [0, 0.1) is 6.92 Å². The number of aliphatic carboxylic acids is 1. The maximum atomic E-state index is 10.6. The summed E-state index contributed by atoms with van der Waals surface area (Å²) >= 11 is 1.92. The summed E-state index contributed by atoms with van der Waals surface area (Å²) in [7, 11) is 0. The maximum Gasteiger partial charge on any atom is 0.490 e.